The van der Waals surface area contributed by atoms with Crippen molar-refractivity contribution in [2.75, 3.05) is 0 Å². The Kier molecular flexibility index (Phi) is 5.27. The Morgan fingerprint density at radius 3 is 1.86 bits per heavy atom. The summed E-state index contributed by atoms with van der Waals surface area (Å²) in [5.74, 6) is 4.96. The van der Waals surface area contributed by atoms with E-state index in [0.29, 0.717) is 11.1 Å². The van der Waals surface area contributed by atoms with E-state index in [-0.39, 0.29) is 23.4 Å². The summed E-state index contributed by atoms with van der Waals surface area (Å²) in [5.41, 5.74) is 1.25. The first kappa shape index (κ1) is 15.7. The minimum Gasteiger partial charge on any atom is -0.294 e. The third-order valence-corrected chi connectivity index (χ3v) is 3.67. The van der Waals surface area contributed by atoms with Crippen LogP contribution in [0.4, 0.5) is 0 Å². The summed E-state index contributed by atoms with van der Waals surface area (Å²) in [4.78, 5) is 24.3. The molecule has 0 spiro atoms. The Morgan fingerprint density at radius 2 is 1.32 bits per heavy atom. The zero-order valence-corrected chi connectivity index (χ0v) is 12.7. The molecule has 0 N–H and O–H groups in total. The molecule has 110 valence electrons. The van der Waals surface area contributed by atoms with E-state index in [2.05, 4.69) is 11.8 Å². The van der Waals surface area contributed by atoms with Gasteiger partial charge in [0.15, 0.2) is 5.78 Å². The monoisotopic (exact) mass is 290 g/mol. The van der Waals surface area contributed by atoms with Gasteiger partial charge in [0.05, 0.1) is 0 Å². The number of ketones is 2. The quantitative estimate of drug-likeness (QED) is 0.484. The van der Waals surface area contributed by atoms with Gasteiger partial charge in [-0.3, -0.25) is 9.59 Å². The third-order valence-electron chi connectivity index (χ3n) is 3.67. The topological polar surface area (TPSA) is 34.1 Å². The van der Waals surface area contributed by atoms with Crippen LogP contribution in [0.2, 0.25) is 0 Å². The van der Waals surface area contributed by atoms with E-state index in [9.17, 15) is 9.59 Å². The zero-order valence-electron chi connectivity index (χ0n) is 12.7. The van der Waals surface area contributed by atoms with Gasteiger partial charge in [-0.1, -0.05) is 80.4 Å². The molecule has 2 aromatic rings. The van der Waals surface area contributed by atoms with Crippen molar-refractivity contribution in [3.05, 3.63) is 71.8 Å². The Morgan fingerprint density at radius 1 is 0.818 bits per heavy atom. The van der Waals surface area contributed by atoms with E-state index in [1.807, 2.05) is 38.1 Å². The summed E-state index contributed by atoms with van der Waals surface area (Å²) < 4.78 is 0. The van der Waals surface area contributed by atoms with Crippen molar-refractivity contribution in [2.45, 2.75) is 13.8 Å². The fourth-order valence-electron chi connectivity index (χ4n) is 2.06. The zero-order chi connectivity index (χ0) is 15.9. The van der Waals surface area contributed by atoms with Crippen molar-refractivity contribution in [1.29, 1.82) is 0 Å². The van der Waals surface area contributed by atoms with Gasteiger partial charge in [-0.2, -0.15) is 0 Å². The molecule has 0 aliphatic carbocycles. The largest absolute Gasteiger partial charge is 0.294 e. The van der Waals surface area contributed by atoms with E-state index >= 15 is 0 Å². The van der Waals surface area contributed by atoms with Crippen LogP contribution in [0.25, 0.3) is 0 Å². The molecule has 2 rings (SSSR count). The van der Waals surface area contributed by atoms with Crippen LogP contribution in [0.3, 0.4) is 0 Å². The highest BCUT2D eigenvalue weighted by Crippen LogP contribution is 2.16. The highest BCUT2D eigenvalue weighted by Gasteiger charge is 2.20. The maximum absolute atomic E-state index is 12.3. The van der Waals surface area contributed by atoms with Crippen LogP contribution in [-0.4, -0.2) is 11.6 Å². The Hall–Kier alpha value is -2.66. The fourth-order valence-corrected chi connectivity index (χ4v) is 2.06. The first-order valence-electron chi connectivity index (χ1n) is 7.29. The molecule has 22 heavy (non-hydrogen) atoms. The van der Waals surface area contributed by atoms with Crippen LogP contribution in [0.5, 0.6) is 0 Å². The molecular weight excluding hydrogens is 272 g/mol. The number of carbonyl (C=O) groups is 2. The average Bonchev–Trinajstić information content (AvgIpc) is 2.59. The summed E-state index contributed by atoms with van der Waals surface area (Å²) in [5, 5.41) is 0. The number of hydrogen-bond acceptors (Lipinski definition) is 2. The Bertz CT molecular complexity index is 706. The van der Waals surface area contributed by atoms with Crippen LogP contribution in [0.1, 0.15) is 34.6 Å². The molecule has 0 radical (unpaired) electrons. The van der Waals surface area contributed by atoms with E-state index in [4.69, 9.17) is 0 Å². The number of Topliss-reactive ketones (excluding diaryl/α,β-unsaturated/α-hetero) is 2. The van der Waals surface area contributed by atoms with Crippen molar-refractivity contribution in [2.24, 2.45) is 11.8 Å². The van der Waals surface area contributed by atoms with Crippen LogP contribution >= 0.6 is 0 Å². The number of hydrogen-bond donors (Lipinski definition) is 0. The smallest absolute Gasteiger partial charge is 0.235 e. The minimum absolute atomic E-state index is 0.0505. The molecule has 0 saturated heterocycles. The predicted octanol–water partition coefficient (Wildman–Crippen LogP) is 4.03. The normalized spacial score (nSPS) is 12.6. The van der Waals surface area contributed by atoms with E-state index in [1.165, 1.54) is 0 Å². The Labute approximate surface area is 131 Å². The molecular formula is C20H18O2. The third kappa shape index (κ3) is 3.93. The molecule has 0 fully saturated rings. The SMILES string of the molecule is C[C@H](C(=O)c1ccccc1)[C@@H](C)C#CC(=O)c1ccccc1. The summed E-state index contributed by atoms with van der Waals surface area (Å²) in [6.45, 7) is 3.72. The number of carbonyl (C=O) groups excluding carboxylic acids is 2. The second kappa shape index (κ2) is 7.38. The lowest BCUT2D eigenvalue weighted by Gasteiger charge is -2.13. The molecule has 0 aliphatic heterocycles. The standard InChI is InChI=1S/C20H18O2/c1-15(13-14-19(21)17-9-5-3-6-10-17)16(2)20(22)18-11-7-4-8-12-18/h3-12,15-16H,1-2H3/t15-,16-/m0/s1. The first-order valence-corrected chi connectivity index (χ1v) is 7.29. The molecule has 0 unspecified atom stereocenters. The van der Waals surface area contributed by atoms with E-state index in [0.717, 1.165) is 0 Å². The molecule has 0 saturated carbocycles. The second-order valence-electron chi connectivity index (χ2n) is 5.27. The van der Waals surface area contributed by atoms with Crippen molar-refractivity contribution in [3.8, 4) is 11.8 Å². The lowest BCUT2D eigenvalue weighted by molar-refractivity contribution is 0.0909. The van der Waals surface area contributed by atoms with Gasteiger partial charge in [0, 0.05) is 23.0 Å². The Balaban J connectivity index is 2.06. The maximum atomic E-state index is 12.3. The molecule has 2 nitrogen and oxygen atoms in total. The molecule has 0 bridgehead atoms. The van der Waals surface area contributed by atoms with Gasteiger partial charge in [-0.05, 0) is 5.92 Å². The molecule has 2 heteroatoms. The molecule has 0 amide bonds. The first-order chi connectivity index (χ1) is 10.6. The van der Waals surface area contributed by atoms with Gasteiger partial charge in [0.25, 0.3) is 0 Å². The van der Waals surface area contributed by atoms with Gasteiger partial charge < -0.3 is 0 Å². The van der Waals surface area contributed by atoms with Gasteiger partial charge in [-0.15, -0.1) is 0 Å². The summed E-state index contributed by atoms with van der Waals surface area (Å²) >= 11 is 0. The van der Waals surface area contributed by atoms with E-state index in [1.54, 1.807) is 36.4 Å². The average molecular weight is 290 g/mol. The maximum Gasteiger partial charge on any atom is 0.235 e. The summed E-state index contributed by atoms with van der Waals surface area (Å²) in [6, 6.07) is 18.1. The van der Waals surface area contributed by atoms with Gasteiger partial charge in [-0.25, -0.2) is 0 Å². The van der Waals surface area contributed by atoms with Crippen LogP contribution < -0.4 is 0 Å². The van der Waals surface area contributed by atoms with Gasteiger partial charge in [0.2, 0.25) is 5.78 Å². The highest BCUT2D eigenvalue weighted by molar-refractivity contribution is 6.09. The lowest BCUT2D eigenvalue weighted by Crippen LogP contribution is -2.18. The minimum atomic E-state index is -0.251. The van der Waals surface area contributed by atoms with Crippen LogP contribution in [0.15, 0.2) is 60.7 Å². The summed E-state index contributed by atoms with van der Waals surface area (Å²) in [7, 11) is 0. The van der Waals surface area contributed by atoms with Crippen LogP contribution in [0, 0.1) is 23.7 Å². The van der Waals surface area contributed by atoms with Crippen LogP contribution in [-0.2, 0) is 0 Å². The fraction of sp³-hybridized carbons (Fsp3) is 0.200. The second-order valence-corrected chi connectivity index (χ2v) is 5.27. The molecule has 0 aromatic heterocycles. The predicted molar refractivity (Wildman–Crippen MR) is 87.6 cm³/mol. The van der Waals surface area contributed by atoms with Gasteiger partial charge in [0.1, 0.15) is 0 Å². The van der Waals surface area contributed by atoms with E-state index < -0.39 is 0 Å². The summed E-state index contributed by atoms with van der Waals surface area (Å²) in [6.07, 6.45) is 0. The van der Waals surface area contributed by atoms with Crippen molar-refractivity contribution >= 4 is 11.6 Å². The molecule has 0 heterocycles. The van der Waals surface area contributed by atoms with Gasteiger partial charge >= 0.3 is 0 Å². The number of rotatable bonds is 4. The van der Waals surface area contributed by atoms with Crippen molar-refractivity contribution in [1.82, 2.24) is 0 Å². The number of benzene rings is 2. The van der Waals surface area contributed by atoms with Crippen molar-refractivity contribution in [3.63, 3.8) is 0 Å². The molecule has 2 aromatic carbocycles. The van der Waals surface area contributed by atoms with Crippen molar-refractivity contribution < 1.29 is 9.59 Å². The molecule has 0 aliphatic rings. The highest BCUT2D eigenvalue weighted by atomic mass is 16.1. The molecule has 2 atom stereocenters. The lowest BCUT2D eigenvalue weighted by atomic mass is 9.88.